The van der Waals surface area contributed by atoms with E-state index in [1.165, 1.54) is 12.3 Å². The Morgan fingerprint density at radius 3 is 2.70 bits per heavy atom. The van der Waals surface area contributed by atoms with Gasteiger partial charge in [-0.2, -0.15) is 0 Å². The van der Waals surface area contributed by atoms with E-state index in [1.54, 1.807) is 6.92 Å². The first-order valence-corrected chi connectivity index (χ1v) is 7.49. The van der Waals surface area contributed by atoms with Crippen molar-refractivity contribution < 1.29 is 9.52 Å². The quantitative estimate of drug-likeness (QED) is 0.751. The second-order valence-electron chi connectivity index (χ2n) is 5.68. The number of aromatic hydroxyl groups is 1. The number of benzene rings is 1. The molecule has 1 fully saturated rings. The van der Waals surface area contributed by atoms with Crippen molar-refractivity contribution in [3.63, 3.8) is 0 Å². The number of hydrazine groups is 1. The maximum Gasteiger partial charge on any atom is 0.348 e. The number of hydrogen-bond donors (Lipinski definition) is 3. The molecule has 2 heterocycles. The van der Waals surface area contributed by atoms with Crippen molar-refractivity contribution in [1.82, 2.24) is 10.9 Å². The first kappa shape index (κ1) is 15.5. The molecule has 0 radical (unpaired) electrons. The maximum absolute atomic E-state index is 11.8. The zero-order valence-electron chi connectivity index (χ0n) is 13.0. The highest BCUT2D eigenvalue weighted by atomic mass is 16.4. The summed E-state index contributed by atoms with van der Waals surface area (Å²) in [6, 6.07) is 11.6. The molecule has 3 rings (SSSR count). The van der Waals surface area contributed by atoms with Crippen LogP contribution < -0.4 is 16.5 Å². The fraction of sp³-hybridized carbons (Fsp3) is 0.294. The van der Waals surface area contributed by atoms with Crippen LogP contribution in [0.1, 0.15) is 29.7 Å². The lowest BCUT2D eigenvalue weighted by Crippen LogP contribution is -2.31. The number of nitrogens with zero attached hydrogens (tertiary/aromatic N) is 1. The fourth-order valence-corrected chi connectivity index (χ4v) is 2.83. The summed E-state index contributed by atoms with van der Waals surface area (Å²) in [6.45, 7) is 3.68. The minimum atomic E-state index is -0.596. The van der Waals surface area contributed by atoms with Gasteiger partial charge in [-0.25, -0.2) is 10.2 Å². The van der Waals surface area contributed by atoms with E-state index in [4.69, 9.17) is 4.42 Å². The minimum Gasteiger partial charge on any atom is -0.507 e. The van der Waals surface area contributed by atoms with E-state index in [1.807, 2.05) is 18.2 Å². The Bertz CT molecular complexity index is 770. The Kier molecular flexibility index (Phi) is 4.27. The molecule has 3 atom stereocenters. The molecule has 1 saturated heterocycles. The molecule has 1 aromatic heterocycles. The van der Waals surface area contributed by atoms with Crippen LogP contribution in [0.5, 0.6) is 5.75 Å². The average Bonchev–Trinajstić information content (AvgIpc) is 2.88. The molecular weight excluding hydrogens is 294 g/mol. The number of aliphatic imine (C=N–C) groups is 1. The smallest absolute Gasteiger partial charge is 0.348 e. The third-order valence-electron chi connectivity index (χ3n) is 3.98. The van der Waals surface area contributed by atoms with Crippen LogP contribution in [0.2, 0.25) is 0 Å². The Morgan fingerprint density at radius 2 is 2.00 bits per heavy atom. The Balaban J connectivity index is 1.89. The molecule has 23 heavy (non-hydrogen) atoms. The van der Waals surface area contributed by atoms with Crippen molar-refractivity contribution in [3.05, 3.63) is 63.7 Å². The van der Waals surface area contributed by atoms with Gasteiger partial charge in [-0.05, 0) is 19.4 Å². The molecule has 0 spiro atoms. The average molecular weight is 313 g/mol. The van der Waals surface area contributed by atoms with Crippen LogP contribution in [-0.2, 0) is 0 Å². The van der Waals surface area contributed by atoms with E-state index < -0.39 is 5.63 Å². The van der Waals surface area contributed by atoms with Crippen LogP contribution in [0.3, 0.4) is 0 Å². The monoisotopic (exact) mass is 313 g/mol. The largest absolute Gasteiger partial charge is 0.507 e. The van der Waals surface area contributed by atoms with Crippen LogP contribution in [-0.4, -0.2) is 23.5 Å². The molecule has 3 unspecified atom stereocenters. The van der Waals surface area contributed by atoms with Gasteiger partial charge in [0.15, 0.2) is 0 Å². The number of hydrogen-bond acceptors (Lipinski definition) is 6. The first-order chi connectivity index (χ1) is 11.1. The summed E-state index contributed by atoms with van der Waals surface area (Å²) in [5.74, 6) is 0.353. The molecule has 1 aromatic carbocycles. The molecule has 0 saturated carbocycles. The molecule has 0 bridgehead atoms. The van der Waals surface area contributed by atoms with Crippen LogP contribution in [0.25, 0.3) is 0 Å². The third kappa shape index (κ3) is 3.18. The fourth-order valence-electron chi connectivity index (χ4n) is 2.83. The van der Waals surface area contributed by atoms with Gasteiger partial charge >= 0.3 is 5.63 Å². The summed E-state index contributed by atoms with van der Waals surface area (Å²) in [5, 5.41) is 9.89. The molecule has 6 heteroatoms. The standard InChI is InChI=1S/C17H19N3O3/c1-10-8-14(21)13(17(22)23-10)9-18-16-15(11(2)19-20-16)12-6-4-3-5-7-12/h3-9,11,15-16,19-21H,1-2H3/b18-9+. The zero-order chi connectivity index (χ0) is 16.4. The Hall–Kier alpha value is -2.44. The predicted octanol–water partition coefficient (Wildman–Crippen LogP) is 1.68. The molecule has 3 N–H and O–H groups in total. The molecule has 0 aliphatic carbocycles. The van der Waals surface area contributed by atoms with E-state index in [0.717, 1.165) is 5.56 Å². The highest BCUT2D eigenvalue weighted by molar-refractivity contribution is 5.82. The summed E-state index contributed by atoms with van der Waals surface area (Å²) in [7, 11) is 0. The van der Waals surface area contributed by atoms with E-state index in [-0.39, 0.29) is 29.4 Å². The zero-order valence-corrected chi connectivity index (χ0v) is 13.0. The Morgan fingerprint density at radius 1 is 1.26 bits per heavy atom. The topological polar surface area (TPSA) is 86.9 Å². The lowest BCUT2D eigenvalue weighted by atomic mass is 9.92. The van der Waals surface area contributed by atoms with E-state index >= 15 is 0 Å². The normalized spacial score (nSPS) is 24.3. The summed E-state index contributed by atoms with van der Waals surface area (Å²) < 4.78 is 4.99. The summed E-state index contributed by atoms with van der Waals surface area (Å²) in [5.41, 5.74) is 6.89. The molecule has 1 aliphatic rings. The van der Waals surface area contributed by atoms with Crippen molar-refractivity contribution in [1.29, 1.82) is 0 Å². The number of aryl methyl sites for hydroxylation is 1. The molecule has 6 nitrogen and oxygen atoms in total. The van der Waals surface area contributed by atoms with Gasteiger partial charge in [-0.15, -0.1) is 0 Å². The molecular formula is C17H19N3O3. The second-order valence-corrected chi connectivity index (χ2v) is 5.68. The van der Waals surface area contributed by atoms with Gasteiger partial charge in [0, 0.05) is 24.2 Å². The lowest BCUT2D eigenvalue weighted by molar-refractivity contribution is 0.433. The van der Waals surface area contributed by atoms with Crippen LogP contribution in [0, 0.1) is 6.92 Å². The van der Waals surface area contributed by atoms with Gasteiger partial charge in [-0.1, -0.05) is 30.3 Å². The maximum atomic E-state index is 11.8. The summed E-state index contributed by atoms with van der Waals surface area (Å²) in [4.78, 5) is 16.3. The van der Waals surface area contributed by atoms with E-state index in [9.17, 15) is 9.90 Å². The van der Waals surface area contributed by atoms with Crippen LogP contribution >= 0.6 is 0 Å². The Labute approximate surface area is 133 Å². The van der Waals surface area contributed by atoms with Crippen LogP contribution in [0.15, 0.2) is 50.6 Å². The molecule has 120 valence electrons. The summed E-state index contributed by atoms with van der Waals surface area (Å²) in [6.07, 6.45) is 1.13. The van der Waals surface area contributed by atoms with Gasteiger partial charge in [0.1, 0.15) is 23.2 Å². The predicted molar refractivity (Wildman–Crippen MR) is 87.7 cm³/mol. The van der Waals surface area contributed by atoms with Gasteiger partial charge in [0.25, 0.3) is 0 Å². The van der Waals surface area contributed by atoms with Gasteiger partial charge < -0.3 is 9.52 Å². The van der Waals surface area contributed by atoms with Crippen molar-refractivity contribution >= 4 is 6.21 Å². The van der Waals surface area contributed by atoms with Crippen molar-refractivity contribution in [2.24, 2.45) is 4.99 Å². The van der Waals surface area contributed by atoms with Gasteiger partial charge in [0.05, 0.1) is 0 Å². The highest BCUT2D eigenvalue weighted by Crippen LogP contribution is 2.27. The third-order valence-corrected chi connectivity index (χ3v) is 3.98. The van der Waals surface area contributed by atoms with Gasteiger partial charge in [-0.3, -0.25) is 10.4 Å². The minimum absolute atomic E-state index is 0.0590. The molecule has 1 aliphatic heterocycles. The first-order valence-electron chi connectivity index (χ1n) is 7.49. The summed E-state index contributed by atoms with van der Waals surface area (Å²) >= 11 is 0. The molecule has 0 amide bonds. The number of rotatable bonds is 3. The van der Waals surface area contributed by atoms with Crippen molar-refractivity contribution in [2.45, 2.75) is 32.0 Å². The number of nitrogens with one attached hydrogen (secondary N) is 2. The highest BCUT2D eigenvalue weighted by Gasteiger charge is 2.33. The lowest BCUT2D eigenvalue weighted by Gasteiger charge is -2.18. The second kappa shape index (κ2) is 6.36. The molecule has 2 aromatic rings. The van der Waals surface area contributed by atoms with Crippen molar-refractivity contribution in [3.8, 4) is 5.75 Å². The SMILES string of the molecule is Cc1cc(O)c(/C=N/C2NNC(C)C2c2ccccc2)c(=O)o1. The van der Waals surface area contributed by atoms with Crippen LogP contribution in [0.4, 0.5) is 0 Å². The van der Waals surface area contributed by atoms with Gasteiger partial charge in [0.2, 0.25) is 0 Å². The van der Waals surface area contributed by atoms with E-state index in [0.29, 0.717) is 5.76 Å². The van der Waals surface area contributed by atoms with E-state index in [2.05, 4.69) is 34.9 Å². The van der Waals surface area contributed by atoms with Crippen molar-refractivity contribution in [2.75, 3.05) is 0 Å².